The highest BCUT2D eigenvalue weighted by Crippen LogP contribution is 2.23. The van der Waals surface area contributed by atoms with E-state index in [-0.39, 0.29) is 5.91 Å². The van der Waals surface area contributed by atoms with Gasteiger partial charge in [-0.05, 0) is 49.6 Å². The third-order valence-electron chi connectivity index (χ3n) is 4.14. The van der Waals surface area contributed by atoms with Gasteiger partial charge in [-0.25, -0.2) is 4.98 Å². The molecule has 0 radical (unpaired) electrons. The molecule has 3 aromatic rings. The summed E-state index contributed by atoms with van der Waals surface area (Å²) in [6.07, 6.45) is 3.45. The van der Waals surface area contributed by atoms with Crippen LogP contribution >= 0.6 is 11.8 Å². The first-order chi connectivity index (χ1) is 13.2. The van der Waals surface area contributed by atoms with E-state index in [9.17, 15) is 4.79 Å². The number of nitrogens with one attached hydrogen (secondary N) is 2. The number of imidazole rings is 1. The summed E-state index contributed by atoms with van der Waals surface area (Å²) in [5, 5.41) is 3.66. The van der Waals surface area contributed by atoms with Crippen LogP contribution in [0.2, 0.25) is 0 Å². The van der Waals surface area contributed by atoms with Gasteiger partial charge in [0.05, 0.1) is 23.4 Å². The number of ether oxygens (including phenoxy) is 1. The van der Waals surface area contributed by atoms with Gasteiger partial charge in [0.1, 0.15) is 5.75 Å². The van der Waals surface area contributed by atoms with Crippen LogP contribution < -0.4 is 10.1 Å². The molecule has 142 valence electrons. The molecule has 1 amide bonds. The Hall–Kier alpha value is -2.47. The third-order valence-corrected chi connectivity index (χ3v) is 5.01. The van der Waals surface area contributed by atoms with E-state index in [0.29, 0.717) is 12.4 Å². The predicted molar refractivity (Wildman–Crippen MR) is 112 cm³/mol. The lowest BCUT2D eigenvalue weighted by molar-refractivity contribution is -0.113. The Morgan fingerprint density at radius 1 is 1.19 bits per heavy atom. The Balaban J connectivity index is 1.53. The summed E-state index contributed by atoms with van der Waals surface area (Å²) in [6.45, 7) is 4.77. The second kappa shape index (κ2) is 9.46. The van der Waals surface area contributed by atoms with E-state index in [1.54, 1.807) is 0 Å². The topological polar surface area (TPSA) is 67.0 Å². The van der Waals surface area contributed by atoms with Crippen molar-refractivity contribution >= 4 is 34.4 Å². The Kier molecular flexibility index (Phi) is 6.76. The molecule has 0 fully saturated rings. The average Bonchev–Trinajstić information content (AvgIpc) is 3.08. The quantitative estimate of drug-likeness (QED) is 0.508. The maximum absolute atomic E-state index is 12.2. The molecule has 0 aliphatic heterocycles. The lowest BCUT2D eigenvalue weighted by Gasteiger charge is -2.06. The van der Waals surface area contributed by atoms with E-state index in [2.05, 4.69) is 34.3 Å². The molecule has 5 nitrogen and oxygen atoms in total. The first-order valence-electron chi connectivity index (χ1n) is 9.32. The number of aryl methyl sites for hydroxylation is 1. The Morgan fingerprint density at radius 2 is 2.00 bits per heavy atom. The van der Waals surface area contributed by atoms with Crippen molar-refractivity contribution in [1.29, 1.82) is 0 Å². The molecule has 0 saturated heterocycles. The van der Waals surface area contributed by atoms with Gasteiger partial charge in [0.15, 0.2) is 5.16 Å². The highest BCUT2D eigenvalue weighted by atomic mass is 32.2. The zero-order valence-corrected chi connectivity index (χ0v) is 16.6. The molecule has 27 heavy (non-hydrogen) atoms. The average molecular weight is 384 g/mol. The number of thioether (sulfide) groups is 1. The summed E-state index contributed by atoms with van der Waals surface area (Å²) >= 11 is 1.39. The third kappa shape index (κ3) is 5.50. The van der Waals surface area contributed by atoms with E-state index in [0.717, 1.165) is 34.0 Å². The molecule has 1 heterocycles. The molecule has 0 unspecified atom stereocenters. The van der Waals surface area contributed by atoms with Gasteiger partial charge >= 0.3 is 0 Å². The zero-order chi connectivity index (χ0) is 19.1. The van der Waals surface area contributed by atoms with Crippen LogP contribution in [0.25, 0.3) is 11.0 Å². The van der Waals surface area contributed by atoms with E-state index < -0.39 is 0 Å². The monoisotopic (exact) mass is 383 g/mol. The van der Waals surface area contributed by atoms with Crippen molar-refractivity contribution in [3.8, 4) is 5.75 Å². The molecule has 1 aromatic heterocycles. The second-order valence-electron chi connectivity index (χ2n) is 6.29. The van der Waals surface area contributed by atoms with Gasteiger partial charge in [-0.3, -0.25) is 4.79 Å². The molecule has 3 rings (SSSR count). The number of unbranched alkanes of at least 4 members (excludes halogenated alkanes) is 1. The summed E-state index contributed by atoms with van der Waals surface area (Å²) in [7, 11) is 0. The van der Waals surface area contributed by atoms with Crippen molar-refractivity contribution in [2.45, 2.75) is 38.3 Å². The first kappa shape index (κ1) is 19.3. The largest absolute Gasteiger partial charge is 0.494 e. The van der Waals surface area contributed by atoms with Gasteiger partial charge in [0.25, 0.3) is 0 Å². The normalized spacial score (nSPS) is 10.9. The number of rotatable bonds is 9. The Labute approximate surface area is 163 Å². The van der Waals surface area contributed by atoms with Gasteiger partial charge in [-0.1, -0.05) is 37.2 Å². The number of benzene rings is 2. The number of amides is 1. The minimum Gasteiger partial charge on any atom is -0.494 e. The van der Waals surface area contributed by atoms with Crippen LogP contribution in [0.1, 0.15) is 32.3 Å². The maximum atomic E-state index is 12.2. The lowest BCUT2D eigenvalue weighted by atomic mass is 10.1. The molecule has 0 bridgehead atoms. The van der Waals surface area contributed by atoms with Crippen molar-refractivity contribution in [2.24, 2.45) is 0 Å². The van der Waals surface area contributed by atoms with Crippen LogP contribution in [0.15, 0.2) is 47.6 Å². The van der Waals surface area contributed by atoms with Crippen LogP contribution in [-0.4, -0.2) is 28.2 Å². The number of carbonyl (C=O) groups is 1. The number of carbonyl (C=O) groups excluding carboxylic acids is 1. The van der Waals surface area contributed by atoms with Gasteiger partial charge in [-0.2, -0.15) is 0 Å². The molecule has 0 aliphatic rings. The van der Waals surface area contributed by atoms with Gasteiger partial charge in [-0.15, -0.1) is 0 Å². The summed E-state index contributed by atoms with van der Waals surface area (Å²) < 4.78 is 5.50. The van der Waals surface area contributed by atoms with Gasteiger partial charge < -0.3 is 15.0 Å². The van der Waals surface area contributed by atoms with E-state index in [1.807, 2.05) is 37.3 Å². The van der Waals surface area contributed by atoms with Crippen molar-refractivity contribution in [3.05, 3.63) is 48.0 Å². The lowest BCUT2D eigenvalue weighted by Crippen LogP contribution is -2.14. The first-order valence-corrected chi connectivity index (χ1v) is 10.3. The smallest absolute Gasteiger partial charge is 0.234 e. The highest BCUT2D eigenvalue weighted by molar-refractivity contribution is 7.99. The number of aromatic nitrogens is 2. The minimum absolute atomic E-state index is 0.0447. The molecule has 0 aliphatic carbocycles. The van der Waals surface area contributed by atoms with Crippen molar-refractivity contribution in [1.82, 2.24) is 9.97 Å². The summed E-state index contributed by atoms with van der Waals surface area (Å²) in [5.41, 5.74) is 3.90. The highest BCUT2D eigenvalue weighted by Gasteiger charge is 2.08. The molecule has 0 atom stereocenters. The van der Waals surface area contributed by atoms with E-state index in [4.69, 9.17) is 4.74 Å². The molecular weight excluding hydrogens is 358 g/mol. The summed E-state index contributed by atoms with van der Waals surface area (Å²) in [4.78, 5) is 19.9. The van der Waals surface area contributed by atoms with Crippen LogP contribution in [0, 0.1) is 0 Å². The molecule has 2 N–H and O–H groups in total. The number of nitrogens with zero attached hydrogens (tertiary/aromatic N) is 1. The Morgan fingerprint density at radius 3 is 2.74 bits per heavy atom. The predicted octanol–water partition coefficient (Wildman–Crippen LogP) is 5.04. The van der Waals surface area contributed by atoms with Crippen molar-refractivity contribution in [2.75, 3.05) is 17.7 Å². The molecule has 0 saturated carbocycles. The standard InChI is InChI=1S/C21H25N3O2S/c1-3-5-6-15-7-9-16(10-8-15)22-20(25)14-27-21-23-18-12-11-17(26-4-2)13-19(18)24-21/h7-13H,3-6,14H2,1-2H3,(H,22,25)(H,23,24). The maximum Gasteiger partial charge on any atom is 0.234 e. The SMILES string of the molecule is CCCCc1ccc(NC(=O)CSc2nc3ccc(OCC)cc3[nH]2)cc1. The van der Waals surface area contributed by atoms with Crippen LogP contribution in [-0.2, 0) is 11.2 Å². The Bertz CT molecular complexity index is 890. The fraction of sp³-hybridized carbons (Fsp3) is 0.333. The van der Waals surface area contributed by atoms with Crippen LogP contribution in [0.5, 0.6) is 5.75 Å². The second-order valence-corrected chi connectivity index (χ2v) is 7.26. The molecule has 2 aromatic carbocycles. The number of aromatic amines is 1. The molecule has 6 heteroatoms. The molecular formula is C21H25N3O2S. The zero-order valence-electron chi connectivity index (χ0n) is 15.7. The molecule has 0 spiro atoms. The van der Waals surface area contributed by atoms with Crippen LogP contribution in [0.4, 0.5) is 5.69 Å². The fourth-order valence-corrected chi connectivity index (χ4v) is 3.44. The minimum atomic E-state index is -0.0447. The van der Waals surface area contributed by atoms with Crippen LogP contribution in [0.3, 0.4) is 0 Å². The van der Waals surface area contributed by atoms with Gasteiger partial charge in [0.2, 0.25) is 5.91 Å². The number of H-pyrrole nitrogens is 1. The number of hydrogen-bond acceptors (Lipinski definition) is 4. The number of anilines is 1. The summed E-state index contributed by atoms with van der Waals surface area (Å²) in [6, 6.07) is 13.8. The van der Waals surface area contributed by atoms with Crippen molar-refractivity contribution in [3.63, 3.8) is 0 Å². The van der Waals surface area contributed by atoms with Crippen molar-refractivity contribution < 1.29 is 9.53 Å². The summed E-state index contributed by atoms with van der Waals surface area (Å²) in [5.74, 6) is 1.07. The fourth-order valence-electron chi connectivity index (χ4n) is 2.76. The van der Waals surface area contributed by atoms with E-state index in [1.165, 1.54) is 30.2 Å². The van der Waals surface area contributed by atoms with Gasteiger partial charge in [0, 0.05) is 11.8 Å². The number of hydrogen-bond donors (Lipinski definition) is 2. The number of fused-ring (bicyclic) bond motifs is 1. The van der Waals surface area contributed by atoms with E-state index >= 15 is 0 Å².